The largest absolute Gasteiger partial charge is 0.306 e. The van der Waals surface area contributed by atoms with Gasteiger partial charge in [-0.3, -0.25) is 9.98 Å². The Kier molecular flexibility index (Phi) is 2.56. The normalized spacial score (nSPS) is 23.0. The lowest BCUT2D eigenvalue weighted by atomic mass is 9.99. The Balaban J connectivity index is 1.85. The van der Waals surface area contributed by atoms with Crippen molar-refractivity contribution in [3.05, 3.63) is 35.9 Å². The SMILES string of the molecule is CN1CCC2(CC1)N=CC(c1ccccc1)=N2. The molecule has 0 unspecified atom stereocenters. The van der Waals surface area contributed by atoms with Crippen LogP contribution in [-0.4, -0.2) is 42.6 Å². The van der Waals surface area contributed by atoms with E-state index in [4.69, 9.17) is 4.99 Å². The highest BCUT2D eigenvalue weighted by atomic mass is 15.2. The van der Waals surface area contributed by atoms with Gasteiger partial charge in [0, 0.05) is 31.5 Å². The zero-order valence-electron chi connectivity index (χ0n) is 10.1. The first-order chi connectivity index (χ1) is 8.27. The van der Waals surface area contributed by atoms with Crippen LogP contribution in [0.2, 0.25) is 0 Å². The van der Waals surface area contributed by atoms with Gasteiger partial charge in [0.05, 0.1) is 11.9 Å². The average Bonchev–Trinajstić information content (AvgIpc) is 2.79. The summed E-state index contributed by atoms with van der Waals surface area (Å²) in [6, 6.07) is 10.3. The van der Waals surface area contributed by atoms with E-state index in [1.807, 2.05) is 24.4 Å². The minimum Gasteiger partial charge on any atom is -0.306 e. The van der Waals surface area contributed by atoms with Crippen molar-refractivity contribution in [1.29, 1.82) is 0 Å². The van der Waals surface area contributed by atoms with E-state index in [-0.39, 0.29) is 5.66 Å². The Morgan fingerprint density at radius 3 is 2.53 bits per heavy atom. The summed E-state index contributed by atoms with van der Waals surface area (Å²) in [5.41, 5.74) is 2.06. The zero-order valence-corrected chi connectivity index (χ0v) is 10.1. The fourth-order valence-corrected chi connectivity index (χ4v) is 2.43. The van der Waals surface area contributed by atoms with Gasteiger partial charge in [0.2, 0.25) is 0 Å². The molecule has 2 aliphatic rings. The van der Waals surface area contributed by atoms with Crippen LogP contribution in [0.4, 0.5) is 0 Å². The Morgan fingerprint density at radius 2 is 1.82 bits per heavy atom. The average molecular weight is 227 g/mol. The summed E-state index contributed by atoms with van der Waals surface area (Å²) >= 11 is 0. The van der Waals surface area contributed by atoms with Crippen molar-refractivity contribution < 1.29 is 0 Å². The van der Waals surface area contributed by atoms with Crippen molar-refractivity contribution in [2.45, 2.75) is 18.5 Å². The van der Waals surface area contributed by atoms with Gasteiger partial charge in [0.25, 0.3) is 0 Å². The lowest BCUT2D eigenvalue weighted by molar-refractivity contribution is 0.201. The number of piperidine rings is 1. The van der Waals surface area contributed by atoms with Crippen molar-refractivity contribution in [3.63, 3.8) is 0 Å². The van der Waals surface area contributed by atoms with Crippen LogP contribution in [-0.2, 0) is 0 Å². The molecule has 0 aromatic heterocycles. The topological polar surface area (TPSA) is 28.0 Å². The van der Waals surface area contributed by atoms with E-state index in [1.54, 1.807) is 0 Å². The van der Waals surface area contributed by atoms with Crippen LogP contribution in [0.5, 0.6) is 0 Å². The van der Waals surface area contributed by atoms with Crippen LogP contribution in [0.15, 0.2) is 40.3 Å². The molecule has 0 aliphatic carbocycles. The molecule has 88 valence electrons. The van der Waals surface area contributed by atoms with E-state index < -0.39 is 0 Å². The number of hydrogen-bond acceptors (Lipinski definition) is 3. The highest BCUT2D eigenvalue weighted by molar-refractivity contribution is 6.39. The van der Waals surface area contributed by atoms with E-state index in [9.17, 15) is 0 Å². The molecular formula is C14H17N3. The first kappa shape index (κ1) is 10.7. The van der Waals surface area contributed by atoms with Crippen LogP contribution >= 0.6 is 0 Å². The molecule has 0 bridgehead atoms. The second kappa shape index (κ2) is 4.08. The van der Waals surface area contributed by atoms with Crippen LogP contribution in [0.25, 0.3) is 0 Å². The molecule has 0 saturated carbocycles. The van der Waals surface area contributed by atoms with Gasteiger partial charge in [-0.1, -0.05) is 30.3 Å². The fraction of sp³-hybridized carbons (Fsp3) is 0.429. The third-order valence-corrected chi connectivity index (χ3v) is 3.61. The van der Waals surface area contributed by atoms with E-state index >= 15 is 0 Å². The molecule has 0 amide bonds. The number of nitrogens with zero attached hydrogens (tertiary/aromatic N) is 3. The Hall–Kier alpha value is -1.48. The molecule has 1 spiro atoms. The Bertz CT molecular complexity index is 454. The van der Waals surface area contributed by atoms with Gasteiger partial charge in [0.1, 0.15) is 0 Å². The monoisotopic (exact) mass is 227 g/mol. The zero-order chi connectivity index (χ0) is 11.7. The highest BCUT2D eigenvalue weighted by Gasteiger charge is 2.35. The molecule has 3 heteroatoms. The first-order valence-electron chi connectivity index (χ1n) is 6.17. The molecule has 1 aromatic carbocycles. The van der Waals surface area contributed by atoms with Crippen LogP contribution in [0.3, 0.4) is 0 Å². The van der Waals surface area contributed by atoms with Gasteiger partial charge < -0.3 is 4.90 Å². The fourth-order valence-electron chi connectivity index (χ4n) is 2.43. The van der Waals surface area contributed by atoms with E-state index in [0.29, 0.717) is 0 Å². The number of benzene rings is 1. The molecule has 3 nitrogen and oxygen atoms in total. The summed E-state index contributed by atoms with van der Waals surface area (Å²) in [7, 11) is 2.16. The van der Waals surface area contributed by atoms with Gasteiger partial charge in [-0.15, -0.1) is 0 Å². The second-order valence-corrected chi connectivity index (χ2v) is 4.91. The molecule has 1 fully saturated rings. The quantitative estimate of drug-likeness (QED) is 0.721. The summed E-state index contributed by atoms with van der Waals surface area (Å²) in [6.07, 6.45) is 4.02. The minimum atomic E-state index is -0.155. The summed E-state index contributed by atoms with van der Waals surface area (Å²) in [4.78, 5) is 11.9. The summed E-state index contributed by atoms with van der Waals surface area (Å²) in [5.74, 6) is 0. The van der Waals surface area contributed by atoms with Crippen molar-refractivity contribution in [2.75, 3.05) is 20.1 Å². The van der Waals surface area contributed by atoms with E-state index in [1.165, 1.54) is 5.56 Å². The molecule has 1 aromatic rings. The molecule has 17 heavy (non-hydrogen) atoms. The number of hydrogen-bond donors (Lipinski definition) is 0. The van der Waals surface area contributed by atoms with Crippen LogP contribution in [0, 0.1) is 0 Å². The number of aliphatic imine (C=N–C) groups is 2. The third-order valence-electron chi connectivity index (χ3n) is 3.61. The smallest absolute Gasteiger partial charge is 0.153 e. The summed E-state index contributed by atoms with van der Waals surface area (Å²) in [6.45, 7) is 2.17. The van der Waals surface area contributed by atoms with Crippen molar-refractivity contribution in [3.8, 4) is 0 Å². The minimum absolute atomic E-state index is 0.155. The second-order valence-electron chi connectivity index (χ2n) is 4.91. The lowest BCUT2D eigenvalue weighted by Crippen LogP contribution is -2.39. The van der Waals surface area contributed by atoms with Gasteiger partial charge in [-0.05, 0) is 7.05 Å². The molecule has 0 N–H and O–H groups in total. The standard InChI is InChI=1S/C14H17N3/c1-17-9-7-14(8-10-17)15-11-13(16-14)12-5-3-2-4-6-12/h2-6,11H,7-10H2,1H3. The van der Waals surface area contributed by atoms with Crippen molar-refractivity contribution in [2.24, 2.45) is 9.98 Å². The van der Waals surface area contributed by atoms with Crippen LogP contribution in [0.1, 0.15) is 18.4 Å². The van der Waals surface area contributed by atoms with Crippen molar-refractivity contribution in [1.82, 2.24) is 4.90 Å². The van der Waals surface area contributed by atoms with Gasteiger partial charge in [-0.2, -0.15) is 0 Å². The van der Waals surface area contributed by atoms with Gasteiger partial charge >= 0.3 is 0 Å². The third kappa shape index (κ3) is 2.03. The number of rotatable bonds is 1. The van der Waals surface area contributed by atoms with Gasteiger partial charge in [-0.25, -0.2) is 0 Å². The molecule has 0 radical (unpaired) electrons. The molecule has 1 saturated heterocycles. The molecule has 0 atom stereocenters. The predicted octanol–water partition coefficient (Wildman–Crippen LogP) is 1.98. The first-order valence-corrected chi connectivity index (χ1v) is 6.17. The predicted molar refractivity (Wildman–Crippen MR) is 70.9 cm³/mol. The highest BCUT2D eigenvalue weighted by Crippen LogP contribution is 2.30. The van der Waals surface area contributed by atoms with Crippen LogP contribution < -0.4 is 0 Å². The maximum absolute atomic E-state index is 4.85. The van der Waals surface area contributed by atoms with E-state index in [0.717, 1.165) is 31.6 Å². The van der Waals surface area contributed by atoms with Crippen molar-refractivity contribution >= 4 is 11.9 Å². The van der Waals surface area contributed by atoms with E-state index in [2.05, 4.69) is 29.1 Å². The maximum Gasteiger partial charge on any atom is 0.153 e. The number of likely N-dealkylation sites (tertiary alicyclic amines) is 1. The Morgan fingerprint density at radius 1 is 1.12 bits per heavy atom. The summed E-state index contributed by atoms with van der Waals surface area (Å²) in [5, 5.41) is 0. The molecular weight excluding hydrogens is 210 g/mol. The summed E-state index contributed by atoms with van der Waals surface area (Å²) < 4.78 is 0. The lowest BCUT2D eigenvalue weighted by Gasteiger charge is -2.33. The molecule has 2 aliphatic heterocycles. The molecule has 3 rings (SSSR count). The Labute approximate surface area is 102 Å². The molecule has 2 heterocycles. The van der Waals surface area contributed by atoms with Gasteiger partial charge in [0.15, 0.2) is 5.66 Å². The maximum atomic E-state index is 4.85.